The van der Waals surface area contributed by atoms with Crippen LogP contribution >= 0.6 is 0 Å². The van der Waals surface area contributed by atoms with Crippen molar-refractivity contribution in [3.05, 3.63) is 12.2 Å². The van der Waals surface area contributed by atoms with Crippen LogP contribution in [0.25, 0.3) is 0 Å². The highest BCUT2D eigenvalue weighted by Gasteiger charge is 1.89. The fraction of sp³-hybridized carbons (Fsp3) is 0.714. The molecule has 0 heterocycles. The Kier molecular flexibility index (Phi) is 4.67. The molecule has 0 aromatic carbocycles. The van der Waals surface area contributed by atoms with E-state index in [1.54, 1.807) is 0 Å². The molecule has 47 valence electrons. The Bertz CT molecular complexity index is 66.8. The zero-order valence-electron chi connectivity index (χ0n) is 5.86. The van der Waals surface area contributed by atoms with Gasteiger partial charge in [-0.15, -0.1) is 0 Å². The minimum Gasteiger partial charge on any atom is -0.317 e. The van der Waals surface area contributed by atoms with Gasteiger partial charge < -0.3 is 5.32 Å². The number of allylic oxidation sites excluding steroid dienone is 1. The van der Waals surface area contributed by atoms with Crippen molar-refractivity contribution in [2.75, 3.05) is 7.05 Å². The Balaban J connectivity index is 3.10. The van der Waals surface area contributed by atoms with E-state index in [9.17, 15) is 0 Å². The molecule has 0 aliphatic carbocycles. The topological polar surface area (TPSA) is 12.0 Å². The zero-order valence-corrected chi connectivity index (χ0v) is 5.86. The van der Waals surface area contributed by atoms with Crippen molar-refractivity contribution in [3.8, 4) is 0 Å². The molecule has 1 atom stereocenters. The van der Waals surface area contributed by atoms with E-state index in [1.165, 1.54) is 0 Å². The largest absolute Gasteiger partial charge is 0.317 e. The Morgan fingerprint density at radius 1 is 1.75 bits per heavy atom. The lowest BCUT2D eigenvalue weighted by Crippen LogP contribution is -2.19. The lowest BCUT2D eigenvalue weighted by molar-refractivity contribution is 0.619. The molecule has 0 aliphatic heterocycles. The maximum Gasteiger partial charge on any atom is 0.00704 e. The van der Waals surface area contributed by atoms with Crippen LogP contribution in [0, 0.1) is 6.08 Å². The molecule has 0 aromatic heterocycles. The number of hydrogen-bond donors (Lipinski definition) is 1. The van der Waals surface area contributed by atoms with Crippen LogP contribution in [0.15, 0.2) is 6.08 Å². The third-order valence-corrected chi connectivity index (χ3v) is 1.17. The summed E-state index contributed by atoms with van der Waals surface area (Å²) in [6, 6.07) is 0.586. The second kappa shape index (κ2) is 4.85. The van der Waals surface area contributed by atoms with E-state index in [1.807, 2.05) is 20.0 Å². The standard InChI is InChI=1S/C7H14N/c1-4-5-6-7(2)8-3/h5,7-8H,6H2,1-3H3. The molecule has 0 spiro atoms. The van der Waals surface area contributed by atoms with Gasteiger partial charge in [0, 0.05) is 6.04 Å². The average molecular weight is 112 g/mol. The molecule has 0 bridgehead atoms. The van der Waals surface area contributed by atoms with E-state index < -0.39 is 0 Å². The fourth-order valence-electron chi connectivity index (χ4n) is 0.412. The molecule has 1 nitrogen and oxygen atoms in total. The normalized spacial score (nSPS) is 14.9. The zero-order chi connectivity index (χ0) is 6.41. The van der Waals surface area contributed by atoms with Crippen molar-refractivity contribution in [2.45, 2.75) is 26.3 Å². The van der Waals surface area contributed by atoms with Gasteiger partial charge in [0.05, 0.1) is 0 Å². The third-order valence-electron chi connectivity index (χ3n) is 1.17. The van der Waals surface area contributed by atoms with E-state index in [2.05, 4.69) is 18.3 Å². The van der Waals surface area contributed by atoms with E-state index in [0.29, 0.717) is 6.04 Å². The van der Waals surface area contributed by atoms with Crippen LogP contribution in [0.3, 0.4) is 0 Å². The van der Waals surface area contributed by atoms with Gasteiger partial charge in [-0.3, -0.25) is 0 Å². The molecule has 1 unspecified atom stereocenters. The maximum atomic E-state index is 3.13. The van der Waals surface area contributed by atoms with Crippen LogP contribution in [0.4, 0.5) is 0 Å². The quantitative estimate of drug-likeness (QED) is 0.581. The second-order valence-electron chi connectivity index (χ2n) is 1.92. The second-order valence-corrected chi connectivity index (χ2v) is 1.92. The molecule has 0 fully saturated rings. The van der Waals surface area contributed by atoms with Crippen LogP contribution < -0.4 is 5.32 Å². The summed E-state index contributed by atoms with van der Waals surface area (Å²) < 4.78 is 0. The van der Waals surface area contributed by atoms with Crippen molar-refractivity contribution in [1.29, 1.82) is 0 Å². The molecule has 0 saturated carbocycles. The van der Waals surface area contributed by atoms with Crippen LogP contribution in [0.1, 0.15) is 20.3 Å². The first-order chi connectivity index (χ1) is 3.81. The smallest absolute Gasteiger partial charge is 0.00704 e. The first kappa shape index (κ1) is 7.70. The first-order valence-corrected chi connectivity index (χ1v) is 2.97. The van der Waals surface area contributed by atoms with Crippen LogP contribution in [0.2, 0.25) is 0 Å². The molecule has 0 aliphatic rings. The lowest BCUT2D eigenvalue weighted by atomic mass is 10.2. The number of nitrogens with one attached hydrogen (secondary N) is 1. The van der Waals surface area contributed by atoms with E-state index in [0.717, 1.165) is 6.42 Å². The summed E-state index contributed by atoms with van der Waals surface area (Å²) in [4.78, 5) is 0. The molecule has 0 saturated heterocycles. The highest BCUT2D eigenvalue weighted by atomic mass is 14.8. The molecule has 0 amide bonds. The molecule has 1 heteroatoms. The van der Waals surface area contributed by atoms with Gasteiger partial charge in [-0.05, 0) is 27.3 Å². The first-order valence-electron chi connectivity index (χ1n) is 2.97. The Labute approximate surface area is 51.8 Å². The van der Waals surface area contributed by atoms with Crippen molar-refractivity contribution in [2.24, 2.45) is 0 Å². The van der Waals surface area contributed by atoms with E-state index in [4.69, 9.17) is 0 Å². The van der Waals surface area contributed by atoms with Gasteiger partial charge in [0.2, 0.25) is 0 Å². The van der Waals surface area contributed by atoms with Crippen LogP contribution in [-0.2, 0) is 0 Å². The molecule has 1 N–H and O–H groups in total. The summed E-state index contributed by atoms with van der Waals surface area (Å²) in [7, 11) is 1.97. The highest BCUT2D eigenvalue weighted by molar-refractivity contribution is 4.75. The van der Waals surface area contributed by atoms with Crippen molar-refractivity contribution in [3.63, 3.8) is 0 Å². The number of hydrogen-bond acceptors (Lipinski definition) is 1. The molecular weight excluding hydrogens is 98.1 g/mol. The molecule has 0 rings (SSSR count). The molecule has 1 radical (unpaired) electrons. The molecular formula is C7H14N. The van der Waals surface area contributed by atoms with Crippen molar-refractivity contribution < 1.29 is 0 Å². The van der Waals surface area contributed by atoms with Gasteiger partial charge in [0.15, 0.2) is 0 Å². The van der Waals surface area contributed by atoms with Crippen molar-refractivity contribution >= 4 is 0 Å². The van der Waals surface area contributed by atoms with Gasteiger partial charge in [0.1, 0.15) is 0 Å². The van der Waals surface area contributed by atoms with Gasteiger partial charge >= 0.3 is 0 Å². The Hall–Kier alpha value is -0.300. The van der Waals surface area contributed by atoms with Gasteiger partial charge in [-0.25, -0.2) is 0 Å². The minimum absolute atomic E-state index is 0.586. The summed E-state index contributed by atoms with van der Waals surface area (Å²) in [6.45, 7) is 4.07. The Morgan fingerprint density at radius 2 is 2.38 bits per heavy atom. The average Bonchev–Trinajstić information content (AvgIpc) is 1.83. The predicted molar refractivity (Wildman–Crippen MR) is 36.6 cm³/mol. The van der Waals surface area contributed by atoms with E-state index >= 15 is 0 Å². The van der Waals surface area contributed by atoms with Crippen LogP contribution in [-0.4, -0.2) is 13.1 Å². The third kappa shape index (κ3) is 3.88. The van der Waals surface area contributed by atoms with Crippen LogP contribution in [0.5, 0.6) is 0 Å². The summed E-state index contributed by atoms with van der Waals surface area (Å²) in [5.41, 5.74) is 0. The number of rotatable bonds is 3. The summed E-state index contributed by atoms with van der Waals surface area (Å²) >= 11 is 0. The summed E-state index contributed by atoms with van der Waals surface area (Å²) in [5.74, 6) is 0. The SMILES string of the molecule is C/[C]=C/CC(C)NC. The van der Waals surface area contributed by atoms with Gasteiger partial charge in [-0.1, -0.05) is 12.2 Å². The van der Waals surface area contributed by atoms with E-state index in [-0.39, 0.29) is 0 Å². The minimum atomic E-state index is 0.586. The molecule has 8 heavy (non-hydrogen) atoms. The summed E-state index contributed by atoms with van der Waals surface area (Å²) in [6.07, 6.45) is 6.09. The highest BCUT2D eigenvalue weighted by Crippen LogP contribution is 1.88. The van der Waals surface area contributed by atoms with Crippen molar-refractivity contribution in [1.82, 2.24) is 5.32 Å². The maximum absolute atomic E-state index is 3.13. The van der Waals surface area contributed by atoms with Gasteiger partial charge in [-0.2, -0.15) is 0 Å². The Morgan fingerprint density at radius 3 is 2.75 bits per heavy atom. The monoisotopic (exact) mass is 112 g/mol. The molecule has 0 aromatic rings. The summed E-state index contributed by atoms with van der Waals surface area (Å²) in [5, 5.41) is 3.13. The lowest BCUT2D eigenvalue weighted by Gasteiger charge is -2.03. The fourth-order valence-corrected chi connectivity index (χ4v) is 0.412. The predicted octanol–water partition coefficient (Wildman–Crippen LogP) is 1.36. The van der Waals surface area contributed by atoms with Gasteiger partial charge in [0.25, 0.3) is 0 Å².